The first-order valence-electron chi connectivity index (χ1n) is 6.64. The monoisotopic (exact) mass is 295 g/mol. The summed E-state index contributed by atoms with van der Waals surface area (Å²) in [6.07, 6.45) is 0. The number of hydrogen-bond donors (Lipinski definition) is 1. The number of fused-ring (bicyclic) bond motifs is 1. The van der Waals surface area contributed by atoms with Crippen molar-refractivity contribution in [3.05, 3.63) is 28.3 Å². The molecule has 2 rings (SSSR count). The fourth-order valence-electron chi connectivity index (χ4n) is 2.25. The van der Waals surface area contributed by atoms with Crippen molar-refractivity contribution >= 4 is 29.2 Å². The molecule has 0 atom stereocenters. The van der Waals surface area contributed by atoms with E-state index in [0.29, 0.717) is 28.9 Å². The number of imidazole rings is 1. The van der Waals surface area contributed by atoms with Gasteiger partial charge < -0.3 is 14.5 Å². The maximum atomic E-state index is 13.6. The molecule has 1 N–H and O–H groups in total. The number of carbonyl (C=O) groups is 1. The van der Waals surface area contributed by atoms with E-state index in [2.05, 4.69) is 4.98 Å². The van der Waals surface area contributed by atoms with Crippen molar-refractivity contribution < 1.29 is 9.18 Å². The summed E-state index contributed by atoms with van der Waals surface area (Å²) in [6, 6.07) is 3.13. The van der Waals surface area contributed by atoms with Crippen LogP contribution in [0.3, 0.4) is 0 Å². The molecule has 20 heavy (non-hydrogen) atoms. The third kappa shape index (κ3) is 2.60. The number of rotatable bonds is 4. The normalized spacial score (nSPS) is 11.0. The highest BCUT2D eigenvalue weighted by Crippen LogP contribution is 2.19. The van der Waals surface area contributed by atoms with Gasteiger partial charge in [-0.3, -0.25) is 4.79 Å². The van der Waals surface area contributed by atoms with E-state index in [1.54, 1.807) is 22.5 Å². The zero-order chi connectivity index (χ0) is 14.9. The van der Waals surface area contributed by atoms with E-state index in [1.807, 2.05) is 13.8 Å². The summed E-state index contributed by atoms with van der Waals surface area (Å²) in [5.74, 6) is -0.273. The number of hydrogen-bond acceptors (Lipinski definition) is 2. The molecule has 0 spiro atoms. The average molecular weight is 295 g/mol. The molecule has 1 aromatic carbocycles. The number of likely N-dealkylation sites (N-methyl/N-ethyl adjacent to an activating group) is 1. The number of nitrogens with one attached hydrogen (secondary N) is 1. The lowest BCUT2D eigenvalue weighted by atomic mass is 10.2. The first-order chi connectivity index (χ1) is 9.47. The predicted molar refractivity (Wildman–Crippen MR) is 79.7 cm³/mol. The molecule has 0 unspecified atom stereocenters. The summed E-state index contributed by atoms with van der Waals surface area (Å²) >= 11 is 5.23. The van der Waals surface area contributed by atoms with Gasteiger partial charge >= 0.3 is 0 Å². The van der Waals surface area contributed by atoms with Crippen LogP contribution in [-0.4, -0.2) is 33.4 Å². The number of benzene rings is 1. The Balaban J connectivity index is 2.44. The fraction of sp³-hybridized carbons (Fsp3) is 0.429. The van der Waals surface area contributed by atoms with Crippen LogP contribution in [0.15, 0.2) is 12.1 Å². The van der Waals surface area contributed by atoms with Crippen molar-refractivity contribution in [1.82, 2.24) is 14.5 Å². The van der Waals surface area contributed by atoms with E-state index in [0.717, 1.165) is 5.52 Å². The van der Waals surface area contributed by atoms with E-state index in [4.69, 9.17) is 12.2 Å². The van der Waals surface area contributed by atoms with Crippen LogP contribution in [-0.2, 0) is 11.3 Å². The Morgan fingerprint density at radius 1 is 1.40 bits per heavy atom. The number of aromatic amines is 1. The van der Waals surface area contributed by atoms with Crippen LogP contribution >= 0.6 is 12.2 Å². The van der Waals surface area contributed by atoms with Gasteiger partial charge in [0.05, 0.1) is 11.0 Å². The zero-order valence-corrected chi connectivity index (χ0v) is 12.7. The van der Waals surface area contributed by atoms with Gasteiger partial charge in [-0.25, -0.2) is 4.39 Å². The van der Waals surface area contributed by atoms with E-state index in [9.17, 15) is 9.18 Å². The van der Waals surface area contributed by atoms with E-state index in [-0.39, 0.29) is 18.3 Å². The Morgan fingerprint density at radius 2 is 2.05 bits per heavy atom. The van der Waals surface area contributed by atoms with Crippen molar-refractivity contribution in [1.29, 1.82) is 0 Å². The Labute approximate surface area is 122 Å². The molecule has 1 heterocycles. The number of halogens is 1. The van der Waals surface area contributed by atoms with E-state index >= 15 is 0 Å². The Bertz CT molecular complexity index is 700. The summed E-state index contributed by atoms with van der Waals surface area (Å²) in [7, 11) is 0. The molecule has 0 aliphatic heterocycles. The van der Waals surface area contributed by atoms with Crippen molar-refractivity contribution in [3.8, 4) is 0 Å². The smallest absolute Gasteiger partial charge is 0.242 e. The van der Waals surface area contributed by atoms with Crippen molar-refractivity contribution in [2.24, 2.45) is 0 Å². The maximum absolute atomic E-state index is 13.6. The van der Waals surface area contributed by atoms with Crippen LogP contribution in [0.4, 0.5) is 4.39 Å². The Hall–Kier alpha value is -1.69. The fourth-order valence-corrected chi connectivity index (χ4v) is 2.52. The lowest BCUT2D eigenvalue weighted by Gasteiger charge is -2.19. The highest BCUT2D eigenvalue weighted by molar-refractivity contribution is 7.71. The minimum absolute atomic E-state index is 0.00831. The minimum Gasteiger partial charge on any atom is -0.342 e. The van der Waals surface area contributed by atoms with Gasteiger partial charge in [-0.2, -0.15) is 0 Å². The van der Waals surface area contributed by atoms with E-state index in [1.165, 1.54) is 6.07 Å². The lowest BCUT2D eigenvalue weighted by molar-refractivity contribution is -0.131. The van der Waals surface area contributed by atoms with Gasteiger partial charge in [-0.15, -0.1) is 0 Å². The average Bonchev–Trinajstić information content (AvgIpc) is 2.68. The number of nitrogens with zero attached hydrogens (tertiary/aromatic N) is 2. The van der Waals surface area contributed by atoms with Gasteiger partial charge in [-0.05, 0) is 50.7 Å². The maximum Gasteiger partial charge on any atom is 0.242 e. The second-order valence-corrected chi connectivity index (χ2v) is 5.09. The summed E-state index contributed by atoms with van der Waals surface area (Å²) in [6.45, 7) is 7.08. The summed E-state index contributed by atoms with van der Waals surface area (Å²) in [5.41, 5.74) is 1.91. The molecule has 0 saturated carbocycles. The molecule has 0 bridgehead atoms. The first kappa shape index (κ1) is 14.7. The van der Waals surface area contributed by atoms with Crippen LogP contribution in [0.2, 0.25) is 0 Å². The first-order valence-corrected chi connectivity index (χ1v) is 7.05. The molecule has 0 fully saturated rings. The molecule has 0 aliphatic rings. The molecule has 2 aromatic rings. The van der Waals surface area contributed by atoms with Crippen molar-refractivity contribution in [2.45, 2.75) is 27.3 Å². The molecule has 1 aromatic heterocycles. The standard InChI is InChI=1S/C14H18FN3OS/c1-4-17(5-2)13(19)8-18-12-6-9(3)10(15)7-11(12)16-14(18)20/h6-7H,4-5,8H2,1-3H3,(H,16,20). The van der Waals surface area contributed by atoms with Gasteiger partial charge in [0.2, 0.25) is 5.91 Å². The van der Waals surface area contributed by atoms with Gasteiger partial charge in [0.1, 0.15) is 12.4 Å². The predicted octanol–water partition coefficient (Wildman–Crippen LogP) is 3.01. The van der Waals surface area contributed by atoms with E-state index < -0.39 is 0 Å². The Morgan fingerprint density at radius 3 is 2.65 bits per heavy atom. The lowest BCUT2D eigenvalue weighted by Crippen LogP contribution is -2.33. The number of aromatic nitrogens is 2. The molecule has 6 heteroatoms. The van der Waals surface area contributed by atoms with Crippen LogP contribution in [0, 0.1) is 17.5 Å². The van der Waals surface area contributed by atoms with Crippen molar-refractivity contribution in [3.63, 3.8) is 0 Å². The highest BCUT2D eigenvalue weighted by atomic mass is 32.1. The van der Waals surface area contributed by atoms with Crippen LogP contribution in [0.1, 0.15) is 19.4 Å². The number of aryl methyl sites for hydroxylation is 1. The third-order valence-electron chi connectivity index (χ3n) is 3.46. The second kappa shape index (κ2) is 5.75. The summed E-state index contributed by atoms with van der Waals surface area (Å²) in [4.78, 5) is 16.9. The Kier molecular flexibility index (Phi) is 4.23. The van der Waals surface area contributed by atoms with Crippen LogP contribution in [0.25, 0.3) is 11.0 Å². The van der Waals surface area contributed by atoms with Gasteiger partial charge in [0.15, 0.2) is 4.77 Å². The molecule has 0 aliphatic carbocycles. The largest absolute Gasteiger partial charge is 0.342 e. The zero-order valence-electron chi connectivity index (χ0n) is 11.9. The SMILES string of the molecule is CCN(CC)C(=O)Cn1c(=S)[nH]c2cc(F)c(C)cc21. The summed E-state index contributed by atoms with van der Waals surface area (Å²) in [5, 5.41) is 0. The third-order valence-corrected chi connectivity index (χ3v) is 3.79. The molecule has 0 saturated heterocycles. The quantitative estimate of drug-likeness (QED) is 0.881. The van der Waals surface area contributed by atoms with Gasteiger partial charge in [0, 0.05) is 13.1 Å². The van der Waals surface area contributed by atoms with Crippen molar-refractivity contribution in [2.75, 3.05) is 13.1 Å². The number of amides is 1. The minimum atomic E-state index is -0.282. The molecule has 1 amide bonds. The molecule has 108 valence electrons. The molecular formula is C14H18FN3OS. The van der Waals surface area contributed by atoms with Crippen LogP contribution in [0.5, 0.6) is 0 Å². The molecular weight excluding hydrogens is 277 g/mol. The number of H-pyrrole nitrogens is 1. The van der Waals surface area contributed by atoms with Gasteiger partial charge in [0.25, 0.3) is 0 Å². The molecule has 4 nitrogen and oxygen atoms in total. The van der Waals surface area contributed by atoms with Crippen LogP contribution < -0.4 is 0 Å². The molecule has 0 radical (unpaired) electrons. The summed E-state index contributed by atoms with van der Waals surface area (Å²) < 4.78 is 15.7. The second-order valence-electron chi connectivity index (χ2n) is 4.70. The topological polar surface area (TPSA) is 41.0 Å². The van der Waals surface area contributed by atoms with Gasteiger partial charge in [-0.1, -0.05) is 0 Å². The number of carbonyl (C=O) groups excluding carboxylic acids is 1. The highest BCUT2D eigenvalue weighted by Gasteiger charge is 2.14.